The molecule has 132 valence electrons. The van der Waals surface area contributed by atoms with Gasteiger partial charge in [-0.25, -0.2) is 4.98 Å². The van der Waals surface area contributed by atoms with Crippen LogP contribution in [0.5, 0.6) is 5.75 Å². The number of aromatic nitrogens is 1. The third-order valence-corrected chi connectivity index (χ3v) is 5.31. The maximum absolute atomic E-state index is 12.3. The number of rotatable bonds is 5. The molecular weight excluding hydrogens is 344 g/mol. The van der Waals surface area contributed by atoms with Gasteiger partial charge in [0.05, 0.1) is 5.69 Å². The van der Waals surface area contributed by atoms with Gasteiger partial charge >= 0.3 is 0 Å². The van der Waals surface area contributed by atoms with Gasteiger partial charge in [-0.15, -0.1) is 11.3 Å². The van der Waals surface area contributed by atoms with Crippen LogP contribution in [0, 0.1) is 0 Å². The van der Waals surface area contributed by atoms with E-state index >= 15 is 0 Å². The molecule has 3 aromatic rings. The Hall–Kier alpha value is -2.66. The number of carbonyl (C=O) groups is 1. The molecule has 1 atom stereocenters. The van der Waals surface area contributed by atoms with Crippen molar-refractivity contribution < 1.29 is 9.53 Å². The van der Waals surface area contributed by atoms with Gasteiger partial charge < -0.3 is 4.74 Å². The van der Waals surface area contributed by atoms with E-state index in [1.807, 2.05) is 35.7 Å². The largest absolute Gasteiger partial charge is 0.481 e. The number of fused-ring (bicyclic) bond motifs is 1. The standard InChI is InChI=1S/C21H20N2O2S/c1-14(25-18-8-3-2-4-9-18)20(24)23-21-22-19(13-26-21)17-11-10-15-6-5-7-16(15)12-17/h2-4,8-14H,5-7H2,1H3,(H,22,23,24)/t14-/m0/s1. The van der Waals surface area contributed by atoms with E-state index < -0.39 is 6.10 Å². The predicted molar refractivity (Wildman–Crippen MR) is 105 cm³/mol. The van der Waals surface area contributed by atoms with Crippen LogP contribution in [0.3, 0.4) is 0 Å². The van der Waals surface area contributed by atoms with Crippen molar-refractivity contribution in [2.24, 2.45) is 0 Å². The third-order valence-electron chi connectivity index (χ3n) is 4.55. The van der Waals surface area contributed by atoms with Gasteiger partial charge in [-0.2, -0.15) is 0 Å². The molecule has 5 heteroatoms. The number of carbonyl (C=O) groups excluding carboxylic acids is 1. The summed E-state index contributed by atoms with van der Waals surface area (Å²) in [4.78, 5) is 16.9. The molecule has 0 aliphatic heterocycles. The van der Waals surface area contributed by atoms with Crippen molar-refractivity contribution in [2.45, 2.75) is 32.3 Å². The number of aryl methyl sites for hydroxylation is 2. The number of para-hydroxylation sites is 1. The fraction of sp³-hybridized carbons (Fsp3) is 0.238. The van der Waals surface area contributed by atoms with Gasteiger partial charge in [0.15, 0.2) is 11.2 Å². The summed E-state index contributed by atoms with van der Waals surface area (Å²) < 4.78 is 5.65. The van der Waals surface area contributed by atoms with Gasteiger partial charge in [-0.1, -0.05) is 30.3 Å². The average molecular weight is 364 g/mol. The zero-order valence-electron chi connectivity index (χ0n) is 14.6. The number of hydrogen-bond donors (Lipinski definition) is 1. The fourth-order valence-electron chi connectivity index (χ4n) is 3.16. The highest BCUT2D eigenvalue weighted by atomic mass is 32.1. The number of ether oxygens (including phenoxy) is 1. The summed E-state index contributed by atoms with van der Waals surface area (Å²) in [6.07, 6.45) is 2.96. The molecule has 1 amide bonds. The lowest BCUT2D eigenvalue weighted by atomic mass is 10.1. The summed E-state index contributed by atoms with van der Waals surface area (Å²) >= 11 is 1.43. The second-order valence-electron chi connectivity index (χ2n) is 6.44. The summed E-state index contributed by atoms with van der Waals surface area (Å²) in [5.74, 6) is 0.469. The molecule has 0 saturated carbocycles. The van der Waals surface area contributed by atoms with E-state index in [1.165, 1.54) is 35.3 Å². The smallest absolute Gasteiger partial charge is 0.266 e. The second-order valence-corrected chi connectivity index (χ2v) is 7.30. The number of thiazole rings is 1. The molecule has 0 fully saturated rings. The SMILES string of the molecule is C[C@H](Oc1ccccc1)C(=O)Nc1nc(-c2ccc3c(c2)CCC3)cs1. The van der Waals surface area contributed by atoms with Crippen LogP contribution in [0.2, 0.25) is 0 Å². The Balaban J connectivity index is 1.42. The summed E-state index contributed by atoms with van der Waals surface area (Å²) in [6.45, 7) is 1.73. The maximum atomic E-state index is 12.3. The van der Waals surface area contributed by atoms with E-state index in [1.54, 1.807) is 6.92 Å². The number of nitrogens with one attached hydrogen (secondary N) is 1. The monoisotopic (exact) mass is 364 g/mol. The highest BCUT2D eigenvalue weighted by Crippen LogP contribution is 2.30. The molecule has 0 bridgehead atoms. The maximum Gasteiger partial charge on any atom is 0.266 e. The Bertz CT molecular complexity index is 921. The highest BCUT2D eigenvalue weighted by Gasteiger charge is 2.17. The molecule has 0 radical (unpaired) electrons. The van der Waals surface area contributed by atoms with Crippen LogP contribution in [0.25, 0.3) is 11.3 Å². The fourth-order valence-corrected chi connectivity index (χ4v) is 3.88. The quantitative estimate of drug-likeness (QED) is 0.714. The van der Waals surface area contributed by atoms with Crippen molar-refractivity contribution in [2.75, 3.05) is 5.32 Å². The van der Waals surface area contributed by atoms with E-state index in [0.29, 0.717) is 10.9 Å². The van der Waals surface area contributed by atoms with Crippen LogP contribution in [0.4, 0.5) is 5.13 Å². The molecule has 4 nitrogen and oxygen atoms in total. The Labute approximate surface area is 156 Å². The molecule has 4 rings (SSSR count). The minimum Gasteiger partial charge on any atom is -0.481 e. The van der Waals surface area contributed by atoms with Gasteiger partial charge in [0, 0.05) is 10.9 Å². The van der Waals surface area contributed by atoms with Crippen LogP contribution in [0.15, 0.2) is 53.9 Å². The summed E-state index contributed by atoms with van der Waals surface area (Å²) in [7, 11) is 0. The molecular formula is C21H20N2O2S. The van der Waals surface area contributed by atoms with Crippen molar-refractivity contribution in [1.29, 1.82) is 0 Å². The molecule has 0 unspecified atom stereocenters. The number of hydrogen-bond acceptors (Lipinski definition) is 4. The number of nitrogens with zero attached hydrogens (tertiary/aromatic N) is 1. The highest BCUT2D eigenvalue weighted by molar-refractivity contribution is 7.14. The first-order valence-corrected chi connectivity index (χ1v) is 9.67. The molecule has 1 aliphatic carbocycles. The van der Waals surface area contributed by atoms with Crippen LogP contribution in [-0.2, 0) is 17.6 Å². The lowest BCUT2D eigenvalue weighted by Crippen LogP contribution is -2.30. The lowest BCUT2D eigenvalue weighted by molar-refractivity contribution is -0.122. The minimum absolute atomic E-state index is 0.205. The van der Waals surface area contributed by atoms with E-state index in [9.17, 15) is 4.79 Å². The molecule has 1 aromatic heterocycles. The van der Waals surface area contributed by atoms with Crippen molar-refractivity contribution >= 4 is 22.4 Å². The van der Waals surface area contributed by atoms with Crippen LogP contribution in [-0.4, -0.2) is 17.0 Å². The Morgan fingerprint density at radius 3 is 2.81 bits per heavy atom. The van der Waals surface area contributed by atoms with E-state index in [4.69, 9.17) is 4.74 Å². The molecule has 26 heavy (non-hydrogen) atoms. The summed E-state index contributed by atoms with van der Waals surface area (Å²) in [5, 5.41) is 5.42. The van der Waals surface area contributed by atoms with Gasteiger partial charge in [-0.3, -0.25) is 10.1 Å². The Kier molecular flexibility index (Phi) is 4.71. The summed E-state index contributed by atoms with van der Waals surface area (Å²) in [6, 6.07) is 15.9. The van der Waals surface area contributed by atoms with E-state index in [0.717, 1.165) is 17.7 Å². The van der Waals surface area contributed by atoms with E-state index in [-0.39, 0.29) is 5.91 Å². The number of amides is 1. The Morgan fingerprint density at radius 1 is 1.15 bits per heavy atom. The van der Waals surface area contributed by atoms with Crippen LogP contribution in [0.1, 0.15) is 24.5 Å². The van der Waals surface area contributed by atoms with Crippen LogP contribution < -0.4 is 10.1 Å². The molecule has 1 N–H and O–H groups in total. The lowest BCUT2D eigenvalue weighted by Gasteiger charge is -2.13. The van der Waals surface area contributed by atoms with E-state index in [2.05, 4.69) is 28.5 Å². The van der Waals surface area contributed by atoms with Gasteiger partial charge in [0.1, 0.15) is 5.75 Å². The van der Waals surface area contributed by atoms with Crippen molar-refractivity contribution in [3.63, 3.8) is 0 Å². The van der Waals surface area contributed by atoms with Crippen molar-refractivity contribution in [1.82, 2.24) is 4.98 Å². The molecule has 2 aromatic carbocycles. The zero-order valence-corrected chi connectivity index (χ0v) is 15.4. The second kappa shape index (κ2) is 7.30. The first kappa shape index (κ1) is 16.8. The van der Waals surface area contributed by atoms with Crippen molar-refractivity contribution in [3.05, 3.63) is 65.0 Å². The van der Waals surface area contributed by atoms with Crippen LogP contribution >= 0.6 is 11.3 Å². The number of benzene rings is 2. The third kappa shape index (κ3) is 3.63. The first-order chi connectivity index (χ1) is 12.7. The molecule has 0 saturated heterocycles. The number of anilines is 1. The average Bonchev–Trinajstić information content (AvgIpc) is 3.31. The topological polar surface area (TPSA) is 51.2 Å². The van der Waals surface area contributed by atoms with Crippen molar-refractivity contribution in [3.8, 4) is 17.0 Å². The zero-order chi connectivity index (χ0) is 17.9. The Morgan fingerprint density at radius 2 is 1.96 bits per heavy atom. The molecule has 1 heterocycles. The van der Waals surface area contributed by atoms with Gasteiger partial charge in [0.2, 0.25) is 0 Å². The summed E-state index contributed by atoms with van der Waals surface area (Å²) in [5.41, 5.74) is 4.88. The molecule has 0 spiro atoms. The predicted octanol–water partition coefficient (Wildman–Crippen LogP) is 4.70. The van der Waals surface area contributed by atoms with Gasteiger partial charge in [0.25, 0.3) is 5.91 Å². The normalized spacial score (nSPS) is 13.9. The molecule has 1 aliphatic rings. The minimum atomic E-state index is -0.593. The first-order valence-electron chi connectivity index (χ1n) is 8.79. The van der Waals surface area contributed by atoms with Gasteiger partial charge in [-0.05, 0) is 55.5 Å².